The molecule has 0 fully saturated rings. The first kappa shape index (κ1) is 16.0. The Labute approximate surface area is 139 Å². The highest BCUT2D eigenvalue weighted by Gasteiger charge is 2.00. The van der Waals surface area contributed by atoms with E-state index in [0.29, 0.717) is 15.7 Å². The highest BCUT2D eigenvalue weighted by atomic mass is 35.5. The Morgan fingerprint density at radius 1 is 1.05 bits per heavy atom. The molecule has 4 nitrogen and oxygen atoms in total. The van der Waals surface area contributed by atoms with Gasteiger partial charge in [0.05, 0.1) is 0 Å². The first-order chi connectivity index (χ1) is 10.6. The van der Waals surface area contributed by atoms with E-state index < -0.39 is 0 Å². The maximum atomic E-state index is 11.8. The number of hydrogen-bond donors (Lipinski definition) is 3. The molecule has 0 aliphatic carbocycles. The zero-order valence-electron chi connectivity index (χ0n) is 11.5. The summed E-state index contributed by atoms with van der Waals surface area (Å²) in [5, 5.41) is 3.99. The van der Waals surface area contributed by atoms with Crippen molar-refractivity contribution in [3.63, 3.8) is 0 Å². The number of para-hydroxylation sites is 1. The molecular weight excluding hydrogens is 318 g/mol. The molecule has 2 rings (SSSR count). The Morgan fingerprint density at radius 2 is 1.73 bits per heavy atom. The minimum atomic E-state index is -0.132. The van der Waals surface area contributed by atoms with Crippen molar-refractivity contribution in [2.75, 3.05) is 5.32 Å². The van der Waals surface area contributed by atoms with E-state index >= 15 is 0 Å². The first-order valence-electron chi connectivity index (χ1n) is 6.49. The lowest BCUT2D eigenvalue weighted by Crippen LogP contribution is -2.36. The molecule has 3 N–H and O–H groups in total. The number of allylic oxidation sites excluding steroid dienone is 1. The Balaban J connectivity index is 1.77. The summed E-state index contributed by atoms with van der Waals surface area (Å²) in [6, 6.07) is 16.2. The number of ketones is 1. The van der Waals surface area contributed by atoms with Crippen molar-refractivity contribution in [2.45, 2.75) is 0 Å². The number of rotatable bonds is 5. The second kappa shape index (κ2) is 8.17. The number of nitrogens with one attached hydrogen (secondary N) is 3. The van der Waals surface area contributed by atoms with Crippen molar-refractivity contribution in [2.24, 2.45) is 0 Å². The van der Waals surface area contributed by atoms with Crippen molar-refractivity contribution >= 4 is 40.4 Å². The zero-order chi connectivity index (χ0) is 15.8. The van der Waals surface area contributed by atoms with Gasteiger partial charge in [-0.05, 0) is 48.6 Å². The standard InChI is InChI=1S/C16H14ClN3OS/c17-13-8-6-12(7-9-13)15(21)10-11-18-20-16(22)19-14-4-2-1-3-5-14/h1-11,18H,(H2,19,20,22). The van der Waals surface area contributed by atoms with Crippen molar-refractivity contribution in [3.05, 3.63) is 77.5 Å². The van der Waals surface area contributed by atoms with Gasteiger partial charge in [-0.15, -0.1) is 0 Å². The van der Waals surface area contributed by atoms with E-state index in [0.717, 1.165) is 5.69 Å². The number of hydrogen-bond acceptors (Lipinski definition) is 3. The van der Waals surface area contributed by atoms with Gasteiger partial charge in [0.2, 0.25) is 0 Å². The molecule has 2 aromatic carbocycles. The predicted molar refractivity (Wildman–Crippen MR) is 93.9 cm³/mol. The fourth-order valence-electron chi connectivity index (χ4n) is 1.62. The lowest BCUT2D eigenvalue weighted by molar-refractivity contribution is 0.104. The summed E-state index contributed by atoms with van der Waals surface area (Å²) in [6.45, 7) is 0. The minimum Gasteiger partial charge on any atom is -0.331 e. The van der Waals surface area contributed by atoms with Crippen LogP contribution in [0.25, 0.3) is 0 Å². The highest BCUT2D eigenvalue weighted by Crippen LogP contribution is 2.10. The van der Waals surface area contributed by atoms with Crippen LogP contribution in [0.4, 0.5) is 5.69 Å². The van der Waals surface area contributed by atoms with Gasteiger partial charge in [-0.1, -0.05) is 29.8 Å². The van der Waals surface area contributed by atoms with Crippen molar-refractivity contribution in [1.29, 1.82) is 0 Å². The molecule has 0 aliphatic heterocycles. The molecule has 0 saturated carbocycles. The topological polar surface area (TPSA) is 53.2 Å². The molecule has 0 saturated heterocycles. The van der Waals surface area contributed by atoms with E-state index in [1.807, 2.05) is 30.3 Å². The van der Waals surface area contributed by atoms with Gasteiger partial charge in [-0.3, -0.25) is 10.2 Å². The molecular formula is C16H14ClN3OS. The molecule has 0 aliphatic rings. The molecule has 0 atom stereocenters. The average Bonchev–Trinajstić information content (AvgIpc) is 2.53. The van der Waals surface area contributed by atoms with E-state index in [1.54, 1.807) is 24.3 Å². The molecule has 112 valence electrons. The summed E-state index contributed by atoms with van der Waals surface area (Å²) in [5.41, 5.74) is 6.93. The van der Waals surface area contributed by atoms with Crippen LogP contribution in [0.1, 0.15) is 10.4 Å². The van der Waals surface area contributed by atoms with Gasteiger partial charge in [-0.2, -0.15) is 0 Å². The van der Waals surface area contributed by atoms with Gasteiger partial charge in [0.1, 0.15) is 0 Å². The Morgan fingerprint density at radius 3 is 2.41 bits per heavy atom. The highest BCUT2D eigenvalue weighted by molar-refractivity contribution is 7.80. The van der Waals surface area contributed by atoms with Crippen LogP contribution in [-0.2, 0) is 0 Å². The van der Waals surface area contributed by atoms with Crippen LogP contribution < -0.4 is 16.2 Å². The maximum absolute atomic E-state index is 11.8. The lowest BCUT2D eigenvalue weighted by atomic mass is 10.1. The monoisotopic (exact) mass is 331 g/mol. The van der Waals surface area contributed by atoms with Crippen LogP contribution in [0, 0.1) is 0 Å². The fourth-order valence-corrected chi connectivity index (χ4v) is 1.92. The molecule has 0 spiro atoms. The second-order valence-corrected chi connectivity index (χ2v) is 5.14. The van der Waals surface area contributed by atoms with E-state index in [4.69, 9.17) is 23.8 Å². The van der Waals surface area contributed by atoms with Crippen molar-refractivity contribution in [3.8, 4) is 0 Å². The third kappa shape index (κ3) is 5.20. The third-order valence-corrected chi connectivity index (χ3v) is 3.12. The SMILES string of the molecule is O=C(C=CNNC(=S)Nc1ccccc1)c1ccc(Cl)cc1. The van der Waals surface area contributed by atoms with Gasteiger partial charge in [0.15, 0.2) is 10.9 Å². The average molecular weight is 332 g/mol. The molecule has 0 aromatic heterocycles. The number of thiocarbonyl (C=S) groups is 1. The van der Waals surface area contributed by atoms with Crippen LogP contribution >= 0.6 is 23.8 Å². The van der Waals surface area contributed by atoms with Crippen LogP contribution in [-0.4, -0.2) is 10.9 Å². The minimum absolute atomic E-state index is 0.132. The Hall–Kier alpha value is -2.37. The van der Waals surface area contributed by atoms with Gasteiger partial charge >= 0.3 is 0 Å². The number of hydrazine groups is 1. The lowest BCUT2D eigenvalue weighted by Gasteiger charge is -2.09. The summed E-state index contributed by atoms with van der Waals surface area (Å²) in [6.07, 6.45) is 2.89. The smallest absolute Gasteiger partial charge is 0.189 e. The van der Waals surface area contributed by atoms with Crippen LogP contribution in [0.2, 0.25) is 5.02 Å². The third-order valence-electron chi connectivity index (χ3n) is 2.66. The fraction of sp³-hybridized carbons (Fsp3) is 0. The maximum Gasteiger partial charge on any atom is 0.189 e. The number of halogens is 1. The molecule has 0 unspecified atom stereocenters. The molecule has 2 aromatic rings. The quantitative estimate of drug-likeness (QED) is 0.339. The van der Waals surface area contributed by atoms with E-state index in [9.17, 15) is 4.79 Å². The Kier molecular flexibility index (Phi) is 5.94. The van der Waals surface area contributed by atoms with E-state index in [2.05, 4.69) is 16.2 Å². The number of benzene rings is 2. The summed E-state index contributed by atoms with van der Waals surface area (Å²) >= 11 is 10.9. The van der Waals surface area contributed by atoms with Crippen molar-refractivity contribution in [1.82, 2.24) is 10.9 Å². The molecule has 22 heavy (non-hydrogen) atoms. The van der Waals surface area contributed by atoms with Crippen LogP contribution in [0.15, 0.2) is 66.9 Å². The predicted octanol–water partition coefficient (Wildman–Crippen LogP) is 3.53. The summed E-state index contributed by atoms with van der Waals surface area (Å²) in [4.78, 5) is 11.8. The van der Waals surface area contributed by atoms with Crippen LogP contribution in [0.3, 0.4) is 0 Å². The molecule has 6 heteroatoms. The normalized spacial score (nSPS) is 10.2. The molecule has 0 radical (unpaired) electrons. The van der Waals surface area contributed by atoms with Gasteiger partial charge < -0.3 is 10.7 Å². The number of anilines is 1. The summed E-state index contributed by atoms with van der Waals surface area (Å²) < 4.78 is 0. The van der Waals surface area contributed by atoms with Crippen LogP contribution in [0.5, 0.6) is 0 Å². The molecule has 0 amide bonds. The zero-order valence-corrected chi connectivity index (χ0v) is 13.1. The second-order valence-electron chi connectivity index (χ2n) is 4.29. The van der Waals surface area contributed by atoms with E-state index in [1.165, 1.54) is 12.3 Å². The first-order valence-corrected chi connectivity index (χ1v) is 7.28. The molecule has 0 bridgehead atoms. The van der Waals surface area contributed by atoms with Gasteiger partial charge in [0.25, 0.3) is 0 Å². The van der Waals surface area contributed by atoms with Gasteiger partial charge in [-0.25, -0.2) is 0 Å². The van der Waals surface area contributed by atoms with Crippen molar-refractivity contribution < 1.29 is 4.79 Å². The summed E-state index contributed by atoms with van der Waals surface area (Å²) in [7, 11) is 0. The Bertz CT molecular complexity index is 672. The molecule has 0 heterocycles. The largest absolute Gasteiger partial charge is 0.331 e. The number of carbonyl (C=O) groups is 1. The summed E-state index contributed by atoms with van der Waals surface area (Å²) in [5.74, 6) is -0.132. The van der Waals surface area contributed by atoms with Gasteiger partial charge in [0, 0.05) is 28.5 Å². The van der Waals surface area contributed by atoms with E-state index in [-0.39, 0.29) is 5.78 Å². The number of carbonyl (C=O) groups excluding carboxylic acids is 1.